The summed E-state index contributed by atoms with van der Waals surface area (Å²) in [6.07, 6.45) is -2.62. The maximum Gasteiger partial charge on any atom is 0.490 e. The molecule has 0 aliphatic carbocycles. The zero-order chi connectivity index (χ0) is 25.2. The fraction of sp³-hybridized carbons (Fsp3) is 0.583. The van der Waals surface area contributed by atoms with Gasteiger partial charge in [-0.2, -0.15) is 18.4 Å². The van der Waals surface area contributed by atoms with Gasteiger partial charge >= 0.3 is 29.2 Å². The van der Waals surface area contributed by atoms with E-state index in [9.17, 15) is 43.3 Å². The molecular formula is C12H18N3O15P3. The second-order valence-electron chi connectivity index (χ2n) is 6.29. The average molecular weight is 537 g/mol. The summed E-state index contributed by atoms with van der Waals surface area (Å²) in [7, 11) is -16.9. The third-order valence-electron chi connectivity index (χ3n) is 3.99. The smallest absolute Gasteiger partial charge is 0.396 e. The van der Waals surface area contributed by atoms with Gasteiger partial charge in [0.15, 0.2) is 11.8 Å². The molecule has 6 atom stereocenters. The quantitative estimate of drug-likeness (QED) is 0.127. The Morgan fingerprint density at radius 2 is 1.85 bits per heavy atom. The molecule has 18 nitrogen and oxygen atoms in total. The number of aliphatic hydroxyl groups is 2. The number of hydrogen-bond donors (Lipinski definition) is 7. The SMILES string of the molecule is CC#CC1(O)C(CO)[C@@H](COP(=O)(O)OP(=O)(O)OP(=O)(O)O)O[C@H]1n1ncc(=O)[nH]c1=O. The van der Waals surface area contributed by atoms with Crippen LogP contribution >= 0.6 is 23.5 Å². The van der Waals surface area contributed by atoms with Gasteiger partial charge in [-0.1, -0.05) is 5.92 Å². The van der Waals surface area contributed by atoms with E-state index in [4.69, 9.17) is 14.5 Å². The molecule has 7 N–H and O–H groups in total. The van der Waals surface area contributed by atoms with Crippen LogP contribution in [0.25, 0.3) is 0 Å². The number of nitrogens with zero attached hydrogens (tertiary/aromatic N) is 2. The van der Waals surface area contributed by atoms with Gasteiger partial charge < -0.3 is 34.5 Å². The summed E-state index contributed by atoms with van der Waals surface area (Å²) in [5.74, 6) is 3.25. The highest BCUT2D eigenvalue weighted by atomic mass is 31.3. The van der Waals surface area contributed by atoms with Gasteiger partial charge in [0.05, 0.1) is 25.2 Å². The Bertz CT molecular complexity index is 1200. The average Bonchev–Trinajstić information content (AvgIpc) is 2.88. The van der Waals surface area contributed by atoms with Crippen LogP contribution in [-0.4, -0.2) is 69.5 Å². The highest BCUT2D eigenvalue weighted by Crippen LogP contribution is 2.66. The lowest BCUT2D eigenvalue weighted by Gasteiger charge is -2.27. The molecule has 0 saturated carbocycles. The number of H-pyrrole nitrogens is 1. The third-order valence-corrected chi connectivity index (χ3v) is 7.80. The first-order valence-electron chi connectivity index (χ1n) is 8.42. The van der Waals surface area contributed by atoms with Crippen LogP contribution in [-0.2, 0) is 31.6 Å². The lowest BCUT2D eigenvalue weighted by Crippen LogP contribution is -2.47. The minimum atomic E-state index is -5.78. The van der Waals surface area contributed by atoms with Crippen LogP contribution < -0.4 is 11.2 Å². The van der Waals surface area contributed by atoms with Crippen molar-refractivity contribution in [2.24, 2.45) is 5.92 Å². The Labute approximate surface area is 183 Å². The minimum Gasteiger partial charge on any atom is -0.396 e. The molecule has 0 spiro atoms. The molecule has 1 fully saturated rings. The normalized spacial score (nSPS) is 29.0. The van der Waals surface area contributed by atoms with E-state index < -0.39 is 71.8 Å². The number of rotatable bonds is 9. The maximum atomic E-state index is 12.1. The van der Waals surface area contributed by atoms with Crippen LogP contribution in [0.15, 0.2) is 15.8 Å². The molecule has 0 amide bonds. The minimum absolute atomic E-state index is 0.485. The molecule has 0 bridgehead atoms. The third kappa shape index (κ3) is 6.98. The molecule has 186 valence electrons. The van der Waals surface area contributed by atoms with E-state index in [0.29, 0.717) is 10.9 Å². The van der Waals surface area contributed by atoms with Crippen molar-refractivity contribution in [3.63, 3.8) is 0 Å². The highest BCUT2D eigenvalue weighted by molar-refractivity contribution is 7.66. The van der Waals surface area contributed by atoms with Crippen molar-refractivity contribution in [2.75, 3.05) is 13.2 Å². The van der Waals surface area contributed by atoms with Crippen molar-refractivity contribution in [1.29, 1.82) is 0 Å². The topological polar surface area (TPSA) is 277 Å². The van der Waals surface area contributed by atoms with E-state index in [-0.39, 0.29) is 0 Å². The number of aromatic amines is 1. The van der Waals surface area contributed by atoms with Crippen LogP contribution in [0.3, 0.4) is 0 Å². The molecule has 1 aromatic heterocycles. The number of phosphoric acid groups is 3. The van der Waals surface area contributed by atoms with Gasteiger partial charge in [-0.3, -0.25) is 14.3 Å². The summed E-state index contributed by atoms with van der Waals surface area (Å²) in [5, 5.41) is 24.3. The van der Waals surface area contributed by atoms with E-state index in [1.165, 1.54) is 6.92 Å². The van der Waals surface area contributed by atoms with Crippen LogP contribution in [0.4, 0.5) is 0 Å². The summed E-state index contributed by atoms with van der Waals surface area (Å²) in [6.45, 7) is -0.632. The summed E-state index contributed by atoms with van der Waals surface area (Å²) in [6, 6.07) is 0. The van der Waals surface area contributed by atoms with Crippen molar-refractivity contribution in [2.45, 2.75) is 24.9 Å². The van der Waals surface area contributed by atoms with Gasteiger partial charge in [0, 0.05) is 0 Å². The zero-order valence-corrected chi connectivity index (χ0v) is 19.0. The lowest BCUT2D eigenvalue weighted by molar-refractivity contribution is -0.0820. The molecule has 4 unspecified atom stereocenters. The van der Waals surface area contributed by atoms with E-state index >= 15 is 0 Å². The number of ether oxygens (including phenoxy) is 1. The molecule has 1 saturated heterocycles. The van der Waals surface area contributed by atoms with E-state index in [1.54, 1.807) is 0 Å². The molecule has 1 aliphatic heterocycles. The van der Waals surface area contributed by atoms with E-state index in [0.717, 1.165) is 0 Å². The molecule has 2 heterocycles. The second-order valence-corrected chi connectivity index (χ2v) is 10.7. The summed E-state index contributed by atoms with van der Waals surface area (Å²) < 4.78 is 51.5. The zero-order valence-electron chi connectivity index (χ0n) is 16.3. The monoisotopic (exact) mass is 537 g/mol. The number of nitrogens with one attached hydrogen (secondary N) is 1. The molecule has 1 aromatic rings. The van der Waals surface area contributed by atoms with Crippen LogP contribution in [0, 0.1) is 17.8 Å². The van der Waals surface area contributed by atoms with Crippen molar-refractivity contribution < 1.29 is 61.4 Å². The Balaban J connectivity index is 2.29. The molecule has 21 heteroatoms. The van der Waals surface area contributed by atoms with Gasteiger partial charge in [-0.05, 0) is 6.92 Å². The van der Waals surface area contributed by atoms with E-state index in [2.05, 4.69) is 30.1 Å². The molecule has 2 rings (SSSR count). The standard InChI is InChI=1S/C12H18N3O15P3/c1-2-3-12(19)7(5-16)8(28-10(12)15-11(18)14-9(17)4-13-15)6-27-32(23,24)30-33(25,26)29-31(20,21)22/h4,7-8,10,16,19H,5-6H2,1H3,(H,23,24)(H,25,26)(H,14,17,18)(H2,20,21,22)/t7?,8-,10-,12?/m1/s1. The van der Waals surface area contributed by atoms with Crippen molar-refractivity contribution >= 4 is 23.5 Å². The molecule has 0 aromatic carbocycles. The van der Waals surface area contributed by atoms with Crippen molar-refractivity contribution in [1.82, 2.24) is 14.8 Å². The molecular weight excluding hydrogens is 519 g/mol. The van der Waals surface area contributed by atoms with Crippen LogP contribution in [0.2, 0.25) is 0 Å². The van der Waals surface area contributed by atoms with Crippen molar-refractivity contribution in [3.05, 3.63) is 27.0 Å². The number of aliphatic hydroxyl groups excluding tert-OH is 1. The first kappa shape index (κ1) is 27.7. The summed E-state index contributed by atoms with van der Waals surface area (Å²) in [4.78, 5) is 61.0. The van der Waals surface area contributed by atoms with Crippen LogP contribution in [0.5, 0.6) is 0 Å². The maximum absolute atomic E-state index is 12.1. The first-order chi connectivity index (χ1) is 15.0. The summed E-state index contributed by atoms with van der Waals surface area (Å²) in [5.41, 5.74) is -4.35. The van der Waals surface area contributed by atoms with Crippen LogP contribution in [0.1, 0.15) is 13.2 Å². The van der Waals surface area contributed by atoms with Gasteiger partial charge in [0.1, 0.15) is 6.20 Å². The fourth-order valence-electron chi connectivity index (χ4n) is 2.84. The molecule has 33 heavy (non-hydrogen) atoms. The first-order valence-corrected chi connectivity index (χ1v) is 12.9. The Morgan fingerprint density at radius 1 is 1.21 bits per heavy atom. The van der Waals surface area contributed by atoms with Gasteiger partial charge in [-0.15, -0.1) is 5.92 Å². The summed E-state index contributed by atoms with van der Waals surface area (Å²) >= 11 is 0. The van der Waals surface area contributed by atoms with E-state index in [1.807, 2.05) is 4.98 Å². The number of aromatic nitrogens is 3. The highest BCUT2D eigenvalue weighted by Gasteiger charge is 2.57. The largest absolute Gasteiger partial charge is 0.490 e. The van der Waals surface area contributed by atoms with Gasteiger partial charge in [0.2, 0.25) is 0 Å². The van der Waals surface area contributed by atoms with Crippen molar-refractivity contribution in [3.8, 4) is 11.8 Å². The fourth-order valence-corrected chi connectivity index (χ4v) is 5.87. The number of phosphoric ester groups is 1. The number of hydrogen-bond acceptors (Lipinski definition) is 12. The predicted molar refractivity (Wildman–Crippen MR) is 102 cm³/mol. The van der Waals surface area contributed by atoms with Gasteiger partial charge in [0.25, 0.3) is 5.56 Å². The Morgan fingerprint density at radius 3 is 2.36 bits per heavy atom. The second kappa shape index (κ2) is 9.98. The predicted octanol–water partition coefficient (Wildman–Crippen LogP) is -2.46. The van der Waals surface area contributed by atoms with Gasteiger partial charge in [-0.25, -0.2) is 18.5 Å². The lowest BCUT2D eigenvalue weighted by atomic mass is 9.86. The Kier molecular flexibility index (Phi) is 8.38. The molecule has 1 aliphatic rings. The Hall–Kier alpha value is -1.54. The molecule has 0 radical (unpaired) electrons.